The smallest absolute Gasteiger partial charge is 0.249 e. The maximum atomic E-state index is 4.49. The van der Waals surface area contributed by atoms with Gasteiger partial charge in [-0.3, -0.25) is 0 Å². The maximum absolute atomic E-state index is 4.49. The lowest BCUT2D eigenvalue weighted by Gasteiger charge is -2.28. The van der Waals surface area contributed by atoms with Crippen LogP contribution in [-0.2, 0) is 0 Å². The second-order valence-electron chi connectivity index (χ2n) is 6.88. The van der Waals surface area contributed by atoms with Crippen molar-refractivity contribution in [2.45, 2.75) is 26.2 Å². The summed E-state index contributed by atoms with van der Waals surface area (Å²) in [6, 6.07) is 16.6. The van der Waals surface area contributed by atoms with Gasteiger partial charge in [0.2, 0.25) is 5.95 Å². The number of anilines is 5. The monoisotopic (exact) mass is 360 g/mol. The van der Waals surface area contributed by atoms with Gasteiger partial charge in [-0.1, -0.05) is 17.7 Å². The minimum Gasteiger partial charge on any atom is -0.372 e. The summed E-state index contributed by atoms with van der Waals surface area (Å²) in [6.07, 6.45) is 5.51. The van der Waals surface area contributed by atoms with E-state index in [1.807, 2.05) is 12.1 Å². The number of rotatable bonds is 5. The van der Waals surface area contributed by atoms with E-state index in [1.54, 1.807) is 6.20 Å². The van der Waals surface area contributed by atoms with E-state index in [9.17, 15) is 0 Å². The number of aryl methyl sites for hydroxylation is 1. The quantitative estimate of drug-likeness (QED) is 0.690. The molecule has 6 heteroatoms. The second-order valence-corrected chi connectivity index (χ2v) is 6.88. The standard InChI is InChI=1S/C21H24N6/c1-16-5-7-17(8-6-16)23-20-15-22-26-21(25-20)24-18-9-11-19(12-10-18)27-13-3-2-4-14-27/h5-12,15H,2-4,13-14H2,1H3,(H2,23,24,25,26). The highest BCUT2D eigenvalue weighted by Gasteiger charge is 2.10. The zero-order chi connectivity index (χ0) is 18.5. The third-order valence-corrected chi connectivity index (χ3v) is 4.73. The van der Waals surface area contributed by atoms with E-state index in [2.05, 4.69) is 74.0 Å². The summed E-state index contributed by atoms with van der Waals surface area (Å²) in [5.74, 6) is 1.12. The van der Waals surface area contributed by atoms with Crippen molar-refractivity contribution >= 4 is 28.8 Å². The highest BCUT2D eigenvalue weighted by Crippen LogP contribution is 2.23. The maximum Gasteiger partial charge on any atom is 0.249 e. The van der Waals surface area contributed by atoms with Gasteiger partial charge < -0.3 is 15.5 Å². The van der Waals surface area contributed by atoms with Gasteiger partial charge in [-0.25, -0.2) is 0 Å². The molecule has 0 amide bonds. The lowest BCUT2D eigenvalue weighted by atomic mass is 10.1. The van der Waals surface area contributed by atoms with Crippen molar-refractivity contribution in [3.63, 3.8) is 0 Å². The van der Waals surface area contributed by atoms with Gasteiger partial charge in [0.15, 0.2) is 5.82 Å². The Balaban J connectivity index is 1.42. The van der Waals surface area contributed by atoms with Crippen LogP contribution in [0.1, 0.15) is 24.8 Å². The predicted octanol–water partition coefficient (Wildman–Crippen LogP) is 4.66. The first kappa shape index (κ1) is 17.3. The molecule has 2 aromatic carbocycles. The zero-order valence-electron chi connectivity index (χ0n) is 15.5. The molecule has 3 aromatic rings. The lowest BCUT2D eigenvalue weighted by Crippen LogP contribution is -2.29. The Morgan fingerprint density at radius 2 is 1.48 bits per heavy atom. The Kier molecular flexibility index (Phi) is 5.14. The van der Waals surface area contributed by atoms with Crippen LogP contribution in [-0.4, -0.2) is 28.3 Å². The van der Waals surface area contributed by atoms with Gasteiger partial charge in [0.1, 0.15) is 0 Å². The Bertz CT molecular complexity index is 870. The number of hydrogen-bond donors (Lipinski definition) is 2. The molecule has 6 nitrogen and oxygen atoms in total. The van der Waals surface area contributed by atoms with E-state index in [-0.39, 0.29) is 0 Å². The number of benzene rings is 2. The van der Waals surface area contributed by atoms with Crippen LogP contribution >= 0.6 is 0 Å². The fraction of sp³-hybridized carbons (Fsp3) is 0.286. The molecule has 1 fully saturated rings. The van der Waals surface area contributed by atoms with Gasteiger partial charge in [0.05, 0.1) is 6.20 Å². The third-order valence-electron chi connectivity index (χ3n) is 4.73. The third kappa shape index (κ3) is 4.53. The zero-order valence-corrected chi connectivity index (χ0v) is 15.5. The van der Waals surface area contributed by atoms with E-state index in [0.717, 1.165) is 24.5 Å². The molecule has 0 radical (unpaired) electrons. The first-order valence-electron chi connectivity index (χ1n) is 9.42. The van der Waals surface area contributed by atoms with Crippen LogP contribution in [0.2, 0.25) is 0 Å². The summed E-state index contributed by atoms with van der Waals surface area (Å²) in [7, 11) is 0. The molecule has 2 N–H and O–H groups in total. The summed E-state index contributed by atoms with van der Waals surface area (Å²) in [4.78, 5) is 6.93. The fourth-order valence-corrected chi connectivity index (χ4v) is 3.24. The van der Waals surface area contributed by atoms with Crippen LogP contribution in [0, 0.1) is 6.92 Å². The molecule has 1 aliphatic rings. The van der Waals surface area contributed by atoms with E-state index in [1.165, 1.54) is 30.5 Å². The summed E-state index contributed by atoms with van der Waals surface area (Å²) >= 11 is 0. The van der Waals surface area contributed by atoms with Gasteiger partial charge in [-0.05, 0) is 62.6 Å². The van der Waals surface area contributed by atoms with Gasteiger partial charge in [0, 0.05) is 30.2 Å². The summed E-state index contributed by atoms with van der Waals surface area (Å²) in [5, 5.41) is 14.6. The Morgan fingerprint density at radius 3 is 2.22 bits per heavy atom. The van der Waals surface area contributed by atoms with E-state index >= 15 is 0 Å². The Hall–Kier alpha value is -3.15. The van der Waals surface area contributed by atoms with Crippen LogP contribution in [0.3, 0.4) is 0 Å². The van der Waals surface area contributed by atoms with Crippen molar-refractivity contribution in [3.8, 4) is 0 Å². The van der Waals surface area contributed by atoms with Gasteiger partial charge in [0.25, 0.3) is 0 Å². The van der Waals surface area contributed by atoms with Crippen molar-refractivity contribution in [1.82, 2.24) is 15.2 Å². The van der Waals surface area contributed by atoms with Crippen molar-refractivity contribution in [2.24, 2.45) is 0 Å². The van der Waals surface area contributed by atoms with Crippen LogP contribution < -0.4 is 15.5 Å². The first-order chi connectivity index (χ1) is 13.3. The number of nitrogens with one attached hydrogen (secondary N) is 2. The molecule has 0 aliphatic carbocycles. The molecule has 1 saturated heterocycles. The SMILES string of the molecule is Cc1ccc(Nc2cnnc(Nc3ccc(N4CCCCC4)cc3)n2)cc1. The molecule has 27 heavy (non-hydrogen) atoms. The summed E-state index contributed by atoms with van der Waals surface area (Å²) in [5.41, 5.74) is 4.41. The van der Waals surface area contributed by atoms with Crippen molar-refractivity contribution in [1.29, 1.82) is 0 Å². The largest absolute Gasteiger partial charge is 0.372 e. The molecule has 2 heterocycles. The minimum absolute atomic E-state index is 0.470. The Labute approximate surface area is 159 Å². The molecule has 0 unspecified atom stereocenters. The van der Waals surface area contributed by atoms with Crippen molar-refractivity contribution in [3.05, 3.63) is 60.3 Å². The molecule has 0 saturated carbocycles. The topological polar surface area (TPSA) is 66.0 Å². The summed E-state index contributed by atoms with van der Waals surface area (Å²) < 4.78 is 0. The summed E-state index contributed by atoms with van der Waals surface area (Å²) in [6.45, 7) is 4.35. The first-order valence-corrected chi connectivity index (χ1v) is 9.42. The minimum atomic E-state index is 0.470. The Morgan fingerprint density at radius 1 is 0.815 bits per heavy atom. The predicted molar refractivity (Wildman–Crippen MR) is 110 cm³/mol. The number of hydrogen-bond acceptors (Lipinski definition) is 6. The van der Waals surface area contributed by atoms with Crippen LogP contribution in [0.5, 0.6) is 0 Å². The van der Waals surface area contributed by atoms with Crippen LogP contribution in [0.25, 0.3) is 0 Å². The molecule has 0 atom stereocenters. The highest BCUT2D eigenvalue weighted by atomic mass is 15.3. The average Bonchev–Trinajstić information content (AvgIpc) is 2.71. The normalized spacial score (nSPS) is 14.0. The molecule has 0 spiro atoms. The molecule has 4 rings (SSSR count). The number of nitrogens with zero attached hydrogens (tertiary/aromatic N) is 4. The van der Waals surface area contributed by atoms with E-state index < -0.39 is 0 Å². The fourth-order valence-electron chi connectivity index (χ4n) is 3.24. The number of aromatic nitrogens is 3. The van der Waals surface area contributed by atoms with Gasteiger partial charge in [-0.2, -0.15) is 10.1 Å². The molecule has 138 valence electrons. The van der Waals surface area contributed by atoms with E-state index in [4.69, 9.17) is 0 Å². The molecular formula is C21H24N6. The molecular weight excluding hydrogens is 336 g/mol. The molecule has 1 aliphatic heterocycles. The van der Waals surface area contributed by atoms with Crippen molar-refractivity contribution < 1.29 is 0 Å². The van der Waals surface area contributed by atoms with Gasteiger partial charge in [-0.15, -0.1) is 5.10 Å². The molecule has 0 bridgehead atoms. The second kappa shape index (κ2) is 8.03. The van der Waals surface area contributed by atoms with E-state index in [0.29, 0.717) is 11.8 Å². The number of piperidine rings is 1. The van der Waals surface area contributed by atoms with Gasteiger partial charge >= 0.3 is 0 Å². The molecule has 1 aromatic heterocycles. The van der Waals surface area contributed by atoms with Crippen LogP contribution in [0.4, 0.5) is 28.8 Å². The van der Waals surface area contributed by atoms with Crippen molar-refractivity contribution in [2.75, 3.05) is 28.6 Å². The van der Waals surface area contributed by atoms with Crippen LogP contribution in [0.15, 0.2) is 54.7 Å². The lowest BCUT2D eigenvalue weighted by molar-refractivity contribution is 0.578. The highest BCUT2D eigenvalue weighted by molar-refractivity contribution is 5.61. The average molecular weight is 360 g/mol.